The molecule has 0 radical (unpaired) electrons. The van der Waals surface area contributed by atoms with E-state index in [-0.39, 0.29) is 17.5 Å². The molecule has 1 aromatic rings. The number of aliphatic hydroxyl groups excluding tert-OH is 1. The van der Waals surface area contributed by atoms with Gasteiger partial charge in [-0.3, -0.25) is 10.1 Å². The van der Waals surface area contributed by atoms with E-state index in [0.717, 1.165) is 12.8 Å². The van der Waals surface area contributed by atoms with Gasteiger partial charge < -0.3 is 9.84 Å². The summed E-state index contributed by atoms with van der Waals surface area (Å²) in [4.78, 5) is 10.6. The van der Waals surface area contributed by atoms with Crippen LogP contribution in [0.2, 0.25) is 0 Å². The number of aryl methyl sites for hydroxylation is 1. The van der Waals surface area contributed by atoms with E-state index in [9.17, 15) is 15.2 Å². The Hall–Kier alpha value is -1.14. The Morgan fingerprint density at radius 1 is 1.50 bits per heavy atom. The first-order valence-corrected chi connectivity index (χ1v) is 6.57. The number of halogens is 1. The first-order chi connectivity index (χ1) is 8.49. The molecule has 1 saturated carbocycles. The van der Waals surface area contributed by atoms with Gasteiger partial charge in [0.15, 0.2) is 0 Å². The molecule has 1 aromatic carbocycles. The lowest BCUT2D eigenvalue weighted by atomic mass is 10.2. The van der Waals surface area contributed by atoms with E-state index in [1.165, 1.54) is 6.07 Å². The second-order valence-corrected chi connectivity index (χ2v) is 5.40. The molecule has 1 N–H and O–H groups in total. The normalized spacial score (nSPS) is 23.1. The predicted molar refractivity (Wildman–Crippen MR) is 69.8 cm³/mol. The molecule has 1 aliphatic rings. The minimum atomic E-state index is -0.535. The molecule has 5 nitrogen and oxygen atoms in total. The quantitative estimate of drug-likeness (QED) is 0.687. The van der Waals surface area contributed by atoms with Crippen molar-refractivity contribution >= 4 is 21.6 Å². The van der Waals surface area contributed by atoms with Crippen LogP contribution in [-0.2, 0) is 0 Å². The maximum Gasteiger partial charge on any atom is 0.312 e. The molecule has 0 bridgehead atoms. The van der Waals surface area contributed by atoms with Crippen LogP contribution in [0, 0.1) is 17.0 Å². The standard InChI is InChI=1S/C12H14BrNO4/c1-7-5-8(13)6-9(14(16)17)12(7)18-11-4-2-3-10(11)15/h5-6,10-11,15H,2-4H2,1H3/t10-,11-/m0/s1. The minimum Gasteiger partial charge on any atom is -0.481 e. The first kappa shape index (κ1) is 13.3. The van der Waals surface area contributed by atoms with Crippen LogP contribution >= 0.6 is 15.9 Å². The van der Waals surface area contributed by atoms with Gasteiger partial charge in [0.25, 0.3) is 0 Å². The molecule has 0 unspecified atom stereocenters. The third kappa shape index (κ3) is 2.64. The summed E-state index contributed by atoms with van der Waals surface area (Å²) in [6, 6.07) is 3.19. The van der Waals surface area contributed by atoms with Crippen LogP contribution in [0.1, 0.15) is 24.8 Å². The molecular formula is C12H14BrNO4. The van der Waals surface area contributed by atoms with Crippen LogP contribution in [0.25, 0.3) is 0 Å². The zero-order valence-corrected chi connectivity index (χ0v) is 11.5. The van der Waals surface area contributed by atoms with Gasteiger partial charge in [-0.1, -0.05) is 15.9 Å². The number of aliphatic hydroxyl groups is 1. The molecule has 2 atom stereocenters. The Kier molecular flexibility index (Phi) is 3.87. The Labute approximate surface area is 113 Å². The molecule has 0 aromatic heterocycles. The lowest BCUT2D eigenvalue weighted by Gasteiger charge is -2.18. The minimum absolute atomic E-state index is 0.0685. The van der Waals surface area contributed by atoms with E-state index in [0.29, 0.717) is 16.5 Å². The van der Waals surface area contributed by atoms with Gasteiger partial charge in [0.1, 0.15) is 6.10 Å². The third-order valence-corrected chi connectivity index (χ3v) is 3.56. The van der Waals surface area contributed by atoms with E-state index < -0.39 is 11.0 Å². The van der Waals surface area contributed by atoms with Crippen molar-refractivity contribution < 1.29 is 14.8 Å². The SMILES string of the molecule is Cc1cc(Br)cc([N+](=O)[O-])c1O[C@H]1CCC[C@@H]1O. The first-order valence-electron chi connectivity index (χ1n) is 5.78. The van der Waals surface area contributed by atoms with Crippen LogP contribution in [0.5, 0.6) is 5.75 Å². The van der Waals surface area contributed by atoms with Gasteiger partial charge in [0.05, 0.1) is 11.0 Å². The number of nitro benzene ring substituents is 1. The van der Waals surface area contributed by atoms with Crippen molar-refractivity contribution in [2.75, 3.05) is 0 Å². The van der Waals surface area contributed by atoms with Crippen LogP contribution in [0.15, 0.2) is 16.6 Å². The maximum atomic E-state index is 11.0. The highest BCUT2D eigenvalue weighted by Gasteiger charge is 2.30. The van der Waals surface area contributed by atoms with Crippen LogP contribution in [0.3, 0.4) is 0 Å². The molecule has 0 aliphatic heterocycles. The molecule has 18 heavy (non-hydrogen) atoms. The lowest BCUT2D eigenvalue weighted by molar-refractivity contribution is -0.386. The average Bonchev–Trinajstić information content (AvgIpc) is 2.67. The summed E-state index contributed by atoms with van der Waals surface area (Å²) in [7, 11) is 0. The van der Waals surface area contributed by atoms with Crippen molar-refractivity contribution in [2.24, 2.45) is 0 Å². The third-order valence-electron chi connectivity index (χ3n) is 3.10. The highest BCUT2D eigenvalue weighted by Crippen LogP contribution is 2.36. The second-order valence-electron chi connectivity index (χ2n) is 4.48. The molecule has 1 aliphatic carbocycles. The van der Waals surface area contributed by atoms with Crippen molar-refractivity contribution in [3.8, 4) is 5.75 Å². The topological polar surface area (TPSA) is 72.6 Å². The predicted octanol–water partition coefficient (Wildman–Crippen LogP) is 2.96. The number of ether oxygens (including phenoxy) is 1. The zero-order valence-electron chi connectivity index (χ0n) is 9.93. The average molecular weight is 316 g/mol. The van der Waals surface area contributed by atoms with Gasteiger partial charge in [-0.05, 0) is 37.8 Å². The van der Waals surface area contributed by atoms with Gasteiger partial charge in [-0.15, -0.1) is 0 Å². The number of rotatable bonds is 3. The molecule has 0 saturated heterocycles. The molecule has 0 spiro atoms. The summed E-state index contributed by atoms with van der Waals surface area (Å²) in [6.07, 6.45) is 1.42. The second kappa shape index (κ2) is 5.24. The zero-order chi connectivity index (χ0) is 13.3. The number of nitrogens with zero attached hydrogens (tertiary/aromatic N) is 1. The fourth-order valence-corrected chi connectivity index (χ4v) is 2.76. The number of hydrogen-bond donors (Lipinski definition) is 1. The van der Waals surface area contributed by atoms with Gasteiger partial charge in [0, 0.05) is 10.5 Å². The summed E-state index contributed by atoms with van der Waals surface area (Å²) in [5.41, 5.74) is 0.621. The maximum absolute atomic E-state index is 11.0. The van der Waals surface area contributed by atoms with Crippen molar-refractivity contribution in [2.45, 2.75) is 38.4 Å². The van der Waals surface area contributed by atoms with Gasteiger partial charge in [-0.2, -0.15) is 0 Å². The van der Waals surface area contributed by atoms with Crippen LogP contribution < -0.4 is 4.74 Å². The fraction of sp³-hybridized carbons (Fsp3) is 0.500. The summed E-state index contributed by atoms with van der Waals surface area (Å²) in [5.74, 6) is 0.258. The molecule has 2 rings (SSSR count). The van der Waals surface area contributed by atoms with E-state index in [2.05, 4.69) is 15.9 Å². The van der Waals surface area contributed by atoms with Crippen molar-refractivity contribution in [1.82, 2.24) is 0 Å². The Balaban J connectivity index is 2.33. The van der Waals surface area contributed by atoms with E-state index in [4.69, 9.17) is 4.74 Å². The van der Waals surface area contributed by atoms with Crippen molar-refractivity contribution in [3.05, 3.63) is 32.3 Å². The smallest absolute Gasteiger partial charge is 0.312 e. The van der Waals surface area contributed by atoms with Crippen molar-refractivity contribution in [3.63, 3.8) is 0 Å². The van der Waals surface area contributed by atoms with Gasteiger partial charge >= 0.3 is 5.69 Å². The van der Waals surface area contributed by atoms with E-state index in [1.54, 1.807) is 13.0 Å². The van der Waals surface area contributed by atoms with Crippen molar-refractivity contribution in [1.29, 1.82) is 0 Å². The highest BCUT2D eigenvalue weighted by molar-refractivity contribution is 9.10. The highest BCUT2D eigenvalue weighted by atomic mass is 79.9. The molecule has 6 heteroatoms. The van der Waals surface area contributed by atoms with E-state index >= 15 is 0 Å². The molecular weight excluding hydrogens is 302 g/mol. The van der Waals surface area contributed by atoms with Crippen LogP contribution in [0.4, 0.5) is 5.69 Å². The molecule has 1 fully saturated rings. The summed E-state index contributed by atoms with van der Waals surface area (Å²) >= 11 is 3.23. The largest absolute Gasteiger partial charge is 0.481 e. The number of nitro groups is 1. The molecule has 0 heterocycles. The number of benzene rings is 1. The lowest BCUT2D eigenvalue weighted by Crippen LogP contribution is -2.26. The number of hydrogen-bond acceptors (Lipinski definition) is 4. The monoisotopic (exact) mass is 315 g/mol. The fourth-order valence-electron chi connectivity index (χ4n) is 2.20. The Morgan fingerprint density at radius 3 is 2.78 bits per heavy atom. The molecule has 98 valence electrons. The summed E-state index contributed by atoms with van der Waals surface area (Å²) < 4.78 is 6.30. The Morgan fingerprint density at radius 2 is 2.22 bits per heavy atom. The van der Waals surface area contributed by atoms with E-state index in [1.807, 2.05) is 0 Å². The summed E-state index contributed by atoms with van der Waals surface area (Å²) in [6.45, 7) is 1.76. The Bertz CT molecular complexity index is 477. The summed E-state index contributed by atoms with van der Waals surface area (Å²) in [5, 5.41) is 20.7. The van der Waals surface area contributed by atoms with Gasteiger partial charge in [-0.25, -0.2) is 0 Å². The molecule has 0 amide bonds. The van der Waals surface area contributed by atoms with Gasteiger partial charge in [0.2, 0.25) is 5.75 Å². The van der Waals surface area contributed by atoms with Crippen LogP contribution in [-0.4, -0.2) is 22.2 Å².